The predicted molar refractivity (Wildman–Crippen MR) is 82.3 cm³/mol. The van der Waals surface area contributed by atoms with Gasteiger partial charge < -0.3 is 15.3 Å². The van der Waals surface area contributed by atoms with E-state index in [2.05, 4.69) is 5.32 Å². The molecule has 7 nitrogen and oxygen atoms in total. The van der Waals surface area contributed by atoms with E-state index < -0.39 is 34.6 Å². The summed E-state index contributed by atoms with van der Waals surface area (Å²) >= 11 is 0.955. The molecule has 124 valence electrons. The molecule has 0 aliphatic carbocycles. The molecule has 1 aliphatic heterocycles. The van der Waals surface area contributed by atoms with Crippen molar-refractivity contribution in [2.45, 2.75) is 57.4 Å². The van der Waals surface area contributed by atoms with Crippen molar-refractivity contribution in [1.82, 2.24) is 10.2 Å². The molecule has 1 fully saturated rings. The second-order valence-corrected chi connectivity index (χ2v) is 7.69. The van der Waals surface area contributed by atoms with Gasteiger partial charge in [-0.3, -0.25) is 14.4 Å². The molecule has 1 heterocycles. The van der Waals surface area contributed by atoms with Gasteiger partial charge in [-0.05, 0) is 26.7 Å². The normalized spacial score (nSPS) is 19.6. The number of nitrogens with zero attached hydrogens (tertiary/aromatic N) is 1. The summed E-state index contributed by atoms with van der Waals surface area (Å²) in [4.78, 5) is 48.1. The van der Waals surface area contributed by atoms with E-state index in [0.717, 1.165) is 11.8 Å². The lowest BCUT2D eigenvalue weighted by molar-refractivity contribution is -0.149. The van der Waals surface area contributed by atoms with E-state index in [-0.39, 0.29) is 5.12 Å². The van der Waals surface area contributed by atoms with E-state index in [4.69, 9.17) is 0 Å². The highest BCUT2D eigenvalue weighted by Gasteiger charge is 2.44. The highest BCUT2D eigenvalue weighted by Crippen LogP contribution is 2.31. The van der Waals surface area contributed by atoms with Gasteiger partial charge in [-0.2, -0.15) is 0 Å². The minimum Gasteiger partial charge on any atom is -0.480 e. The number of nitrogens with one attached hydrogen (secondary N) is 1. The first kappa shape index (κ1) is 18.5. The third kappa shape index (κ3) is 4.46. The average molecular weight is 330 g/mol. The number of rotatable bonds is 5. The quantitative estimate of drug-likeness (QED) is 0.766. The number of carboxylic acid groups (broad SMARTS) is 1. The van der Waals surface area contributed by atoms with Crippen LogP contribution < -0.4 is 5.32 Å². The van der Waals surface area contributed by atoms with Crippen molar-refractivity contribution in [2.24, 2.45) is 0 Å². The fourth-order valence-corrected chi connectivity index (χ4v) is 3.64. The number of thioether (sulfide) groups is 1. The second kappa shape index (κ2) is 7.13. The number of hydrogen-bond donors (Lipinski definition) is 2. The van der Waals surface area contributed by atoms with E-state index in [0.29, 0.717) is 19.4 Å². The maximum atomic E-state index is 12.7. The lowest BCUT2D eigenvalue weighted by atomic mass is 10.0. The molecular weight excluding hydrogens is 308 g/mol. The molecule has 0 aromatic carbocycles. The molecule has 2 amide bonds. The van der Waals surface area contributed by atoms with Crippen LogP contribution in [0.25, 0.3) is 0 Å². The minimum atomic E-state index is -1.05. The summed E-state index contributed by atoms with van der Waals surface area (Å²) in [6, 6.07) is -1.83. The molecular formula is C14H22N2O5S. The van der Waals surface area contributed by atoms with Gasteiger partial charge in [0.25, 0.3) is 0 Å². The Hall–Kier alpha value is -1.57. The van der Waals surface area contributed by atoms with Gasteiger partial charge in [0.15, 0.2) is 5.12 Å². The number of carbonyl (C=O) groups is 4. The third-order valence-corrected chi connectivity index (χ3v) is 4.57. The van der Waals surface area contributed by atoms with E-state index in [9.17, 15) is 24.3 Å². The maximum absolute atomic E-state index is 12.7. The van der Waals surface area contributed by atoms with Crippen LogP contribution >= 0.6 is 11.8 Å². The Labute approximate surface area is 133 Å². The number of likely N-dealkylation sites (tertiary alicyclic amines) is 1. The molecule has 1 aliphatic rings. The minimum absolute atomic E-state index is 0.177. The van der Waals surface area contributed by atoms with Crippen molar-refractivity contribution >= 4 is 34.7 Å². The smallest absolute Gasteiger partial charge is 0.326 e. The van der Waals surface area contributed by atoms with Crippen molar-refractivity contribution in [3.8, 4) is 0 Å². The molecule has 0 bridgehead atoms. The standard InChI is InChI=1S/C14H22N2O5S/c1-8(17)15-11(14(3,4)22-9(2)18)12(19)16-7-5-6-10(16)13(20)21/h10-11H,5-7H2,1-4H3,(H,15,17)(H,20,21)/t10-,11?/m0/s1. The highest BCUT2D eigenvalue weighted by atomic mass is 32.2. The van der Waals surface area contributed by atoms with Gasteiger partial charge in [-0.15, -0.1) is 0 Å². The Morgan fingerprint density at radius 1 is 1.27 bits per heavy atom. The zero-order valence-corrected chi connectivity index (χ0v) is 14.0. The second-order valence-electron chi connectivity index (χ2n) is 5.86. The van der Waals surface area contributed by atoms with E-state index in [1.807, 2.05) is 0 Å². The zero-order valence-electron chi connectivity index (χ0n) is 13.2. The topological polar surface area (TPSA) is 104 Å². The zero-order chi connectivity index (χ0) is 17.1. The molecule has 0 aromatic heterocycles. The molecule has 8 heteroatoms. The van der Waals surface area contributed by atoms with Crippen LogP contribution in [-0.2, 0) is 19.2 Å². The van der Waals surface area contributed by atoms with E-state index in [1.54, 1.807) is 13.8 Å². The lowest BCUT2D eigenvalue weighted by Crippen LogP contribution is -2.58. The summed E-state index contributed by atoms with van der Waals surface area (Å²) < 4.78 is -0.875. The summed E-state index contributed by atoms with van der Waals surface area (Å²) in [6.45, 7) is 6.38. The molecule has 0 radical (unpaired) electrons. The summed E-state index contributed by atoms with van der Waals surface area (Å²) in [5.74, 6) is -1.91. The molecule has 2 atom stereocenters. The van der Waals surface area contributed by atoms with Gasteiger partial charge in [-0.1, -0.05) is 11.8 Å². The Morgan fingerprint density at radius 2 is 1.86 bits per heavy atom. The monoisotopic (exact) mass is 330 g/mol. The average Bonchev–Trinajstić information content (AvgIpc) is 2.82. The van der Waals surface area contributed by atoms with Crippen LogP contribution in [0.4, 0.5) is 0 Å². The molecule has 1 rings (SSSR count). The first-order chi connectivity index (χ1) is 10.1. The third-order valence-electron chi connectivity index (χ3n) is 3.52. The van der Waals surface area contributed by atoms with E-state index in [1.165, 1.54) is 18.7 Å². The molecule has 2 N–H and O–H groups in total. The van der Waals surface area contributed by atoms with Crippen molar-refractivity contribution in [2.75, 3.05) is 6.54 Å². The molecule has 22 heavy (non-hydrogen) atoms. The molecule has 1 unspecified atom stereocenters. The van der Waals surface area contributed by atoms with Gasteiger partial charge in [0.2, 0.25) is 11.8 Å². The Morgan fingerprint density at radius 3 is 2.32 bits per heavy atom. The van der Waals surface area contributed by atoms with Crippen LogP contribution in [-0.4, -0.2) is 56.3 Å². The maximum Gasteiger partial charge on any atom is 0.326 e. The van der Waals surface area contributed by atoms with E-state index >= 15 is 0 Å². The Balaban J connectivity index is 3.05. The number of hydrogen-bond acceptors (Lipinski definition) is 5. The highest BCUT2D eigenvalue weighted by molar-refractivity contribution is 8.14. The van der Waals surface area contributed by atoms with Crippen LogP contribution in [0.15, 0.2) is 0 Å². The number of aliphatic carboxylic acids is 1. The van der Waals surface area contributed by atoms with Crippen LogP contribution in [0.5, 0.6) is 0 Å². The summed E-state index contributed by atoms with van der Waals surface area (Å²) in [5.41, 5.74) is 0. The summed E-state index contributed by atoms with van der Waals surface area (Å²) in [5, 5.41) is 11.6. The van der Waals surface area contributed by atoms with Crippen LogP contribution in [0.1, 0.15) is 40.5 Å². The summed E-state index contributed by atoms with van der Waals surface area (Å²) in [6.07, 6.45) is 1.00. The molecule has 0 saturated carbocycles. The first-order valence-corrected chi connectivity index (χ1v) is 7.88. The number of amides is 2. The van der Waals surface area contributed by atoms with Crippen molar-refractivity contribution in [3.05, 3.63) is 0 Å². The van der Waals surface area contributed by atoms with Crippen molar-refractivity contribution in [3.63, 3.8) is 0 Å². The van der Waals surface area contributed by atoms with Crippen LogP contribution in [0.2, 0.25) is 0 Å². The van der Waals surface area contributed by atoms with Crippen molar-refractivity contribution < 1.29 is 24.3 Å². The lowest BCUT2D eigenvalue weighted by Gasteiger charge is -2.35. The summed E-state index contributed by atoms with van der Waals surface area (Å²) in [7, 11) is 0. The number of carbonyl (C=O) groups excluding carboxylic acids is 3. The Kier molecular flexibility index (Phi) is 5.99. The Bertz CT molecular complexity index is 492. The first-order valence-electron chi connectivity index (χ1n) is 7.06. The molecule has 0 spiro atoms. The predicted octanol–water partition coefficient (Wildman–Crippen LogP) is 0.625. The van der Waals surface area contributed by atoms with Crippen LogP contribution in [0.3, 0.4) is 0 Å². The van der Waals surface area contributed by atoms with Gasteiger partial charge in [-0.25, -0.2) is 4.79 Å². The van der Waals surface area contributed by atoms with Gasteiger partial charge >= 0.3 is 5.97 Å². The van der Waals surface area contributed by atoms with Crippen molar-refractivity contribution in [1.29, 1.82) is 0 Å². The number of carboxylic acids is 1. The van der Waals surface area contributed by atoms with Gasteiger partial charge in [0.05, 0.1) is 0 Å². The van der Waals surface area contributed by atoms with Crippen LogP contribution in [0, 0.1) is 0 Å². The SMILES string of the molecule is CC(=O)NC(C(=O)N1CCC[C@H]1C(=O)O)C(C)(C)SC(C)=O. The molecule has 0 aromatic rings. The fourth-order valence-electron chi connectivity index (χ4n) is 2.62. The van der Waals surface area contributed by atoms with Gasteiger partial charge in [0.1, 0.15) is 12.1 Å². The largest absolute Gasteiger partial charge is 0.480 e. The molecule has 1 saturated heterocycles. The fraction of sp³-hybridized carbons (Fsp3) is 0.714. The van der Waals surface area contributed by atoms with Gasteiger partial charge in [0, 0.05) is 25.1 Å².